The minimum Gasteiger partial charge on any atom is -0.204 e. The van der Waals surface area contributed by atoms with Crippen LogP contribution in [0.5, 0.6) is 0 Å². The van der Waals surface area contributed by atoms with Crippen molar-refractivity contribution in [3.8, 4) is 0 Å². The van der Waals surface area contributed by atoms with Crippen LogP contribution in [0.3, 0.4) is 0 Å². The molecule has 0 aromatic heterocycles. The first kappa shape index (κ1) is 13.5. The number of halogens is 6. The molecule has 0 spiro atoms. The Labute approximate surface area is 104 Å². The predicted molar refractivity (Wildman–Crippen MR) is 55.4 cm³/mol. The lowest BCUT2D eigenvalue weighted by molar-refractivity contribution is 0.435. The van der Waals surface area contributed by atoms with Crippen molar-refractivity contribution in [2.45, 2.75) is 6.42 Å². The van der Waals surface area contributed by atoms with Gasteiger partial charge in [-0.25, -0.2) is 26.3 Å². The lowest BCUT2D eigenvalue weighted by Crippen LogP contribution is -2.02. The molecule has 0 amide bonds. The molecular weight excluding hydrogens is 270 g/mol. The van der Waals surface area contributed by atoms with Crippen molar-refractivity contribution in [3.05, 3.63) is 70.3 Å². The molecule has 0 aliphatic heterocycles. The molecule has 100 valence electrons. The lowest BCUT2D eigenvalue weighted by Gasteiger charge is -2.07. The van der Waals surface area contributed by atoms with E-state index in [0.717, 1.165) is 12.1 Å². The summed E-state index contributed by atoms with van der Waals surface area (Å²) in [4.78, 5) is 0. The zero-order valence-corrected chi connectivity index (χ0v) is 9.28. The van der Waals surface area contributed by atoms with E-state index in [0.29, 0.717) is 12.1 Å². The van der Waals surface area contributed by atoms with Crippen LogP contribution in [0.2, 0.25) is 0 Å². The second-order valence-corrected chi connectivity index (χ2v) is 3.85. The minimum atomic E-state index is -1.69. The normalized spacial score (nSPS) is 10.8. The Kier molecular flexibility index (Phi) is 3.50. The Bertz CT molecular complexity index is 580. The van der Waals surface area contributed by atoms with Gasteiger partial charge in [-0.15, -0.1) is 0 Å². The fraction of sp³-hybridized carbons (Fsp3) is 0.0769. The number of rotatable bonds is 2. The number of benzene rings is 2. The summed E-state index contributed by atoms with van der Waals surface area (Å²) in [7, 11) is 0. The highest BCUT2D eigenvalue weighted by Crippen LogP contribution is 2.22. The van der Waals surface area contributed by atoms with E-state index in [2.05, 4.69) is 0 Å². The smallest absolute Gasteiger partial charge is 0.194 e. The van der Waals surface area contributed by atoms with Gasteiger partial charge >= 0.3 is 0 Å². The molecule has 6 heteroatoms. The summed E-state index contributed by atoms with van der Waals surface area (Å²) < 4.78 is 78.0. The van der Waals surface area contributed by atoms with Crippen molar-refractivity contribution in [2.75, 3.05) is 0 Å². The average Bonchev–Trinajstić information content (AvgIpc) is 2.39. The maximum atomic E-state index is 13.4. The van der Waals surface area contributed by atoms with E-state index in [1.807, 2.05) is 0 Å². The molecule has 0 aliphatic carbocycles. The lowest BCUT2D eigenvalue weighted by atomic mass is 10.0. The summed E-state index contributed by atoms with van der Waals surface area (Å²) in [5.74, 6) is -9.12. The summed E-state index contributed by atoms with van der Waals surface area (Å²) in [5, 5.41) is 0. The molecule has 19 heavy (non-hydrogen) atoms. The molecule has 2 rings (SSSR count). The summed E-state index contributed by atoms with van der Waals surface area (Å²) in [6, 6.07) is 3.17. The molecular formula is C13H6F6. The molecule has 0 aliphatic rings. The van der Waals surface area contributed by atoms with Crippen LogP contribution in [0, 0.1) is 34.9 Å². The minimum absolute atomic E-state index is 0.358. The first-order valence-corrected chi connectivity index (χ1v) is 5.16. The quantitative estimate of drug-likeness (QED) is 0.572. The van der Waals surface area contributed by atoms with Gasteiger partial charge < -0.3 is 0 Å². The molecule has 2 aromatic carbocycles. The third-order valence-electron chi connectivity index (χ3n) is 2.61. The van der Waals surface area contributed by atoms with Crippen LogP contribution in [0.25, 0.3) is 0 Å². The van der Waals surface area contributed by atoms with Crippen molar-refractivity contribution >= 4 is 0 Å². The Morgan fingerprint density at radius 1 is 0.526 bits per heavy atom. The summed E-state index contributed by atoms with van der Waals surface area (Å²) >= 11 is 0. The van der Waals surface area contributed by atoms with E-state index in [-0.39, 0.29) is 11.1 Å². The monoisotopic (exact) mass is 276 g/mol. The molecule has 0 nitrogen and oxygen atoms in total. The SMILES string of the molecule is Fc1ccc(Cc2ccc(F)c(F)c2F)c(F)c1F. The molecule has 0 heterocycles. The fourth-order valence-corrected chi connectivity index (χ4v) is 1.61. The standard InChI is InChI=1S/C13H6F6/c14-8-3-1-6(10(16)12(8)18)5-7-2-4-9(15)13(19)11(7)17/h1-4H,5H2. The van der Waals surface area contributed by atoms with E-state index < -0.39 is 41.3 Å². The van der Waals surface area contributed by atoms with Gasteiger partial charge in [0.25, 0.3) is 0 Å². The summed E-state index contributed by atoms with van der Waals surface area (Å²) in [5.41, 5.74) is -0.715. The van der Waals surface area contributed by atoms with E-state index in [1.54, 1.807) is 0 Å². The molecule has 0 atom stereocenters. The van der Waals surface area contributed by atoms with Crippen molar-refractivity contribution in [2.24, 2.45) is 0 Å². The highest BCUT2D eigenvalue weighted by molar-refractivity contribution is 5.30. The molecule has 0 bridgehead atoms. The van der Waals surface area contributed by atoms with E-state index >= 15 is 0 Å². The molecule has 2 aromatic rings. The van der Waals surface area contributed by atoms with Gasteiger partial charge in [0, 0.05) is 6.42 Å². The molecule has 0 N–H and O–H groups in total. The topological polar surface area (TPSA) is 0 Å². The number of hydrogen-bond donors (Lipinski definition) is 0. The van der Waals surface area contributed by atoms with Gasteiger partial charge in [0.05, 0.1) is 0 Å². The zero-order valence-electron chi connectivity index (χ0n) is 9.28. The molecule has 0 fully saturated rings. The van der Waals surface area contributed by atoms with Gasteiger partial charge in [-0.3, -0.25) is 0 Å². The van der Waals surface area contributed by atoms with Gasteiger partial charge in [0.1, 0.15) is 0 Å². The first-order chi connectivity index (χ1) is 8.91. The molecule has 0 saturated carbocycles. The molecule has 0 radical (unpaired) electrons. The number of hydrogen-bond acceptors (Lipinski definition) is 0. The third kappa shape index (κ3) is 2.43. The Hall–Kier alpha value is -1.98. The maximum Gasteiger partial charge on any atom is 0.194 e. The van der Waals surface area contributed by atoms with Crippen LogP contribution in [-0.2, 0) is 6.42 Å². The van der Waals surface area contributed by atoms with E-state index in [1.165, 1.54) is 0 Å². The maximum absolute atomic E-state index is 13.4. The highest BCUT2D eigenvalue weighted by Gasteiger charge is 2.17. The molecule has 0 saturated heterocycles. The van der Waals surface area contributed by atoms with Gasteiger partial charge in [0.2, 0.25) is 0 Å². The first-order valence-electron chi connectivity index (χ1n) is 5.16. The van der Waals surface area contributed by atoms with Gasteiger partial charge in [-0.05, 0) is 23.3 Å². The predicted octanol–water partition coefficient (Wildman–Crippen LogP) is 4.11. The Balaban J connectivity index is 2.43. The van der Waals surface area contributed by atoms with Crippen LogP contribution in [0.4, 0.5) is 26.3 Å². The Morgan fingerprint density at radius 2 is 0.895 bits per heavy atom. The van der Waals surface area contributed by atoms with Crippen LogP contribution in [-0.4, -0.2) is 0 Å². The van der Waals surface area contributed by atoms with Crippen molar-refractivity contribution in [3.63, 3.8) is 0 Å². The van der Waals surface area contributed by atoms with E-state index in [9.17, 15) is 26.3 Å². The van der Waals surface area contributed by atoms with E-state index in [4.69, 9.17) is 0 Å². The highest BCUT2D eigenvalue weighted by atomic mass is 19.2. The molecule has 0 unspecified atom stereocenters. The van der Waals surface area contributed by atoms with Crippen LogP contribution >= 0.6 is 0 Å². The largest absolute Gasteiger partial charge is 0.204 e. The summed E-state index contributed by atoms with van der Waals surface area (Å²) in [6.45, 7) is 0. The van der Waals surface area contributed by atoms with Crippen LogP contribution in [0.1, 0.15) is 11.1 Å². The second kappa shape index (κ2) is 4.95. The third-order valence-corrected chi connectivity index (χ3v) is 2.61. The van der Waals surface area contributed by atoms with Crippen molar-refractivity contribution in [1.82, 2.24) is 0 Å². The van der Waals surface area contributed by atoms with Gasteiger partial charge in [-0.1, -0.05) is 12.1 Å². The fourth-order valence-electron chi connectivity index (χ4n) is 1.61. The second-order valence-electron chi connectivity index (χ2n) is 3.85. The zero-order chi connectivity index (χ0) is 14.2. The average molecular weight is 276 g/mol. The van der Waals surface area contributed by atoms with Crippen LogP contribution < -0.4 is 0 Å². The van der Waals surface area contributed by atoms with Gasteiger partial charge in [0.15, 0.2) is 34.9 Å². The van der Waals surface area contributed by atoms with Crippen molar-refractivity contribution in [1.29, 1.82) is 0 Å². The van der Waals surface area contributed by atoms with Crippen molar-refractivity contribution < 1.29 is 26.3 Å². The summed E-state index contributed by atoms with van der Waals surface area (Å²) in [6.07, 6.45) is -0.522. The van der Waals surface area contributed by atoms with Crippen LogP contribution in [0.15, 0.2) is 24.3 Å². The Morgan fingerprint density at radius 3 is 1.26 bits per heavy atom. The van der Waals surface area contributed by atoms with Gasteiger partial charge in [-0.2, -0.15) is 0 Å².